The maximum atomic E-state index is 13.6. The van der Waals surface area contributed by atoms with Crippen LogP contribution in [0.3, 0.4) is 0 Å². The molecule has 166 valence electrons. The molecule has 0 unspecified atom stereocenters. The molecule has 1 aliphatic heterocycles. The Balaban J connectivity index is 1.54. The first-order valence-electron chi connectivity index (χ1n) is 10.3. The molecule has 0 aromatic heterocycles. The highest BCUT2D eigenvalue weighted by atomic mass is 79.9. The summed E-state index contributed by atoms with van der Waals surface area (Å²) in [5, 5.41) is 3.13. The van der Waals surface area contributed by atoms with Crippen LogP contribution in [0.15, 0.2) is 48.5 Å². The van der Waals surface area contributed by atoms with Crippen LogP contribution >= 0.6 is 55.1 Å². The SMILES string of the molecule is O=C(c1ccccc1Cl)N(Cc1ccc(Cl)cc1)N1C(=O)[C@@H]2[C@H]3C[C@@H]([C@@H](Br)[C@H]3Br)[C@H]2C1=O. The Morgan fingerprint density at radius 3 is 2.06 bits per heavy atom. The molecule has 3 aliphatic rings. The molecule has 5 nitrogen and oxygen atoms in total. The lowest BCUT2D eigenvalue weighted by Gasteiger charge is -2.31. The van der Waals surface area contributed by atoms with Crippen LogP contribution in [0.2, 0.25) is 10.0 Å². The number of amides is 3. The van der Waals surface area contributed by atoms with Gasteiger partial charge in [-0.05, 0) is 48.1 Å². The smallest absolute Gasteiger partial charge is 0.272 e. The van der Waals surface area contributed by atoms with E-state index in [-0.39, 0.29) is 50.4 Å². The standard InChI is InChI=1S/C23H18Br2Cl2N2O3/c24-19-14-9-15(20(19)25)18-17(14)22(31)29(23(18)32)28(10-11-5-7-12(26)8-6-11)21(30)13-3-1-2-4-16(13)27/h1-8,14-15,17-20H,9-10H2/t14-,15-,17-,18-,19-,20+/m1/s1. The van der Waals surface area contributed by atoms with Gasteiger partial charge in [-0.25, -0.2) is 5.01 Å². The van der Waals surface area contributed by atoms with Crippen molar-refractivity contribution in [3.05, 3.63) is 69.7 Å². The monoisotopic (exact) mass is 598 g/mol. The van der Waals surface area contributed by atoms with E-state index in [1.165, 1.54) is 5.01 Å². The quantitative estimate of drug-likeness (QED) is 0.352. The van der Waals surface area contributed by atoms with Crippen molar-refractivity contribution in [2.24, 2.45) is 23.7 Å². The number of imide groups is 1. The molecule has 2 aliphatic carbocycles. The van der Waals surface area contributed by atoms with Crippen molar-refractivity contribution >= 4 is 72.8 Å². The van der Waals surface area contributed by atoms with Gasteiger partial charge in [0.15, 0.2) is 0 Å². The van der Waals surface area contributed by atoms with E-state index in [9.17, 15) is 14.4 Å². The number of alkyl halides is 2. The number of rotatable bonds is 4. The number of carbonyl (C=O) groups is 3. The highest BCUT2D eigenvalue weighted by molar-refractivity contribution is 9.12. The second-order valence-electron chi connectivity index (χ2n) is 8.46. The first-order valence-corrected chi connectivity index (χ1v) is 12.8. The van der Waals surface area contributed by atoms with E-state index in [0.29, 0.717) is 5.02 Å². The molecule has 0 radical (unpaired) electrons. The minimum Gasteiger partial charge on any atom is -0.272 e. The molecule has 1 heterocycles. The van der Waals surface area contributed by atoms with Crippen LogP contribution in [-0.2, 0) is 16.1 Å². The van der Waals surface area contributed by atoms with Gasteiger partial charge in [-0.3, -0.25) is 14.4 Å². The van der Waals surface area contributed by atoms with E-state index < -0.39 is 17.7 Å². The molecule has 0 spiro atoms. The third kappa shape index (κ3) is 3.44. The van der Waals surface area contributed by atoms with Crippen molar-refractivity contribution in [3.63, 3.8) is 0 Å². The minimum absolute atomic E-state index is 0.0446. The fourth-order valence-electron chi connectivity index (χ4n) is 5.34. The molecule has 1 saturated heterocycles. The largest absolute Gasteiger partial charge is 0.274 e. The van der Waals surface area contributed by atoms with Crippen LogP contribution in [0.25, 0.3) is 0 Å². The van der Waals surface area contributed by atoms with Crippen molar-refractivity contribution in [2.75, 3.05) is 0 Å². The fraction of sp³-hybridized carbons (Fsp3) is 0.348. The number of nitrogens with zero attached hydrogens (tertiary/aromatic N) is 2. The molecule has 9 heteroatoms. The van der Waals surface area contributed by atoms with Gasteiger partial charge in [-0.15, -0.1) is 0 Å². The minimum atomic E-state index is -0.495. The van der Waals surface area contributed by atoms with Crippen LogP contribution < -0.4 is 0 Å². The average Bonchev–Trinajstić information content (AvgIpc) is 3.38. The van der Waals surface area contributed by atoms with Crippen molar-refractivity contribution in [3.8, 4) is 0 Å². The number of halogens is 4. The van der Waals surface area contributed by atoms with Crippen molar-refractivity contribution in [2.45, 2.75) is 22.6 Å². The van der Waals surface area contributed by atoms with Crippen LogP contribution in [0, 0.1) is 23.7 Å². The van der Waals surface area contributed by atoms with E-state index in [2.05, 4.69) is 31.9 Å². The average molecular weight is 601 g/mol. The maximum absolute atomic E-state index is 13.6. The normalized spacial score (nSPS) is 30.7. The Morgan fingerprint density at radius 2 is 1.50 bits per heavy atom. The van der Waals surface area contributed by atoms with Gasteiger partial charge in [0.05, 0.1) is 29.0 Å². The molecule has 2 bridgehead atoms. The van der Waals surface area contributed by atoms with Crippen LogP contribution in [0.1, 0.15) is 22.3 Å². The lowest BCUT2D eigenvalue weighted by Crippen LogP contribution is -2.50. The molecule has 5 rings (SSSR count). The zero-order chi connectivity index (χ0) is 22.7. The topological polar surface area (TPSA) is 57.7 Å². The van der Waals surface area contributed by atoms with Crippen LogP contribution in [-0.4, -0.2) is 37.4 Å². The second kappa shape index (κ2) is 8.42. The summed E-state index contributed by atoms with van der Waals surface area (Å²) in [6, 6.07) is 13.6. The number of hydrogen-bond acceptors (Lipinski definition) is 3. The molecule has 2 aromatic rings. The third-order valence-corrected chi connectivity index (χ3v) is 10.6. The number of fused-ring (bicyclic) bond motifs is 5. The maximum Gasteiger partial charge on any atom is 0.274 e. The number of carbonyl (C=O) groups excluding carboxylic acids is 3. The number of hydrazine groups is 1. The summed E-state index contributed by atoms with van der Waals surface area (Å²) in [4.78, 5) is 41.0. The molecular formula is C23H18Br2Cl2N2O3. The van der Waals surface area contributed by atoms with E-state index in [1.54, 1.807) is 48.5 Å². The Morgan fingerprint density at radius 1 is 0.938 bits per heavy atom. The summed E-state index contributed by atoms with van der Waals surface area (Å²) < 4.78 is 0. The highest BCUT2D eigenvalue weighted by Gasteiger charge is 2.67. The molecule has 3 amide bonds. The second-order valence-corrected chi connectivity index (χ2v) is 11.4. The van der Waals surface area contributed by atoms with Gasteiger partial charge in [0.25, 0.3) is 17.7 Å². The van der Waals surface area contributed by atoms with Gasteiger partial charge in [0.2, 0.25) is 0 Å². The summed E-state index contributed by atoms with van der Waals surface area (Å²) in [6.45, 7) is 0.0446. The first kappa shape index (κ1) is 22.4. The zero-order valence-corrected chi connectivity index (χ0v) is 21.3. The summed E-state index contributed by atoms with van der Waals surface area (Å²) in [6.07, 6.45) is 0.822. The molecule has 0 N–H and O–H groups in total. The molecule has 3 fully saturated rings. The van der Waals surface area contributed by atoms with Gasteiger partial charge in [0.1, 0.15) is 0 Å². The number of hydrogen-bond donors (Lipinski definition) is 0. The molecular weight excluding hydrogens is 583 g/mol. The fourth-order valence-corrected chi connectivity index (χ4v) is 7.56. The Bertz CT molecular complexity index is 1080. The van der Waals surface area contributed by atoms with E-state index in [0.717, 1.165) is 17.0 Å². The Labute approximate surface area is 212 Å². The molecule has 6 atom stereocenters. The molecule has 32 heavy (non-hydrogen) atoms. The van der Waals surface area contributed by atoms with Crippen LogP contribution in [0.5, 0.6) is 0 Å². The predicted octanol–water partition coefficient (Wildman–Crippen LogP) is 5.33. The lowest BCUT2D eigenvalue weighted by atomic mass is 9.81. The Hall–Kier alpha value is -1.41. The van der Waals surface area contributed by atoms with E-state index in [4.69, 9.17) is 23.2 Å². The van der Waals surface area contributed by atoms with Gasteiger partial charge in [-0.2, -0.15) is 5.01 Å². The van der Waals surface area contributed by atoms with Gasteiger partial charge in [-0.1, -0.05) is 79.3 Å². The lowest BCUT2D eigenvalue weighted by molar-refractivity contribution is -0.156. The van der Waals surface area contributed by atoms with Gasteiger partial charge >= 0.3 is 0 Å². The predicted molar refractivity (Wildman–Crippen MR) is 129 cm³/mol. The zero-order valence-electron chi connectivity index (χ0n) is 16.6. The third-order valence-electron chi connectivity index (χ3n) is 6.79. The van der Waals surface area contributed by atoms with E-state index >= 15 is 0 Å². The van der Waals surface area contributed by atoms with Gasteiger partial charge in [0, 0.05) is 14.7 Å². The summed E-state index contributed by atoms with van der Waals surface area (Å²) >= 11 is 19.7. The van der Waals surface area contributed by atoms with Crippen molar-refractivity contribution in [1.82, 2.24) is 10.0 Å². The summed E-state index contributed by atoms with van der Waals surface area (Å²) in [5.41, 5.74) is 0.979. The van der Waals surface area contributed by atoms with Crippen molar-refractivity contribution < 1.29 is 14.4 Å². The molecule has 2 aromatic carbocycles. The highest BCUT2D eigenvalue weighted by Crippen LogP contribution is 2.60. The van der Waals surface area contributed by atoms with Crippen molar-refractivity contribution in [1.29, 1.82) is 0 Å². The molecule has 2 saturated carbocycles. The van der Waals surface area contributed by atoms with E-state index in [1.807, 2.05) is 0 Å². The van der Waals surface area contributed by atoms with Gasteiger partial charge < -0.3 is 0 Å². The first-order chi connectivity index (χ1) is 15.3. The summed E-state index contributed by atoms with van der Waals surface area (Å²) in [7, 11) is 0. The Kier molecular flexibility index (Phi) is 5.89. The number of benzene rings is 2. The van der Waals surface area contributed by atoms with Crippen LogP contribution in [0.4, 0.5) is 0 Å². The summed E-state index contributed by atoms with van der Waals surface area (Å²) in [5.74, 6) is -1.84.